The number of nitrogens with two attached hydrogens (primary N) is 1. The molecule has 0 saturated carbocycles. The van der Waals surface area contributed by atoms with Gasteiger partial charge in [0.25, 0.3) is 5.91 Å². The molecule has 0 atom stereocenters. The Morgan fingerprint density at radius 3 is 2.94 bits per heavy atom. The van der Waals surface area contributed by atoms with E-state index in [1.54, 1.807) is 11.3 Å². The summed E-state index contributed by atoms with van der Waals surface area (Å²) in [6.07, 6.45) is 0. The van der Waals surface area contributed by atoms with Crippen LogP contribution in [0.1, 0.15) is 4.88 Å². The Balaban J connectivity index is 2.07. The van der Waals surface area contributed by atoms with Gasteiger partial charge in [-0.2, -0.15) is 0 Å². The third-order valence-electron chi connectivity index (χ3n) is 2.86. The van der Waals surface area contributed by atoms with Crippen molar-refractivity contribution in [2.75, 3.05) is 17.7 Å². The number of fused-ring (bicyclic) bond motifs is 1. The van der Waals surface area contributed by atoms with Crippen LogP contribution in [-0.2, 0) is 4.79 Å². The van der Waals surface area contributed by atoms with Gasteiger partial charge in [0.1, 0.15) is 5.75 Å². The lowest BCUT2D eigenvalue weighted by Gasteiger charge is -2.18. The lowest BCUT2D eigenvalue weighted by atomic mass is 10.1. The second-order valence-electron chi connectivity index (χ2n) is 4.17. The maximum atomic E-state index is 11.3. The van der Waals surface area contributed by atoms with E-state index in [-0.39, 0.29) is 12.5 Å². The Hall–Kier alpha value is -2.01. The second kappa shape index (κ2) is 4.03. The number of nitrogens with one attached hydrogen (secondary N) is 1. The number of aryl methyl sites for hydroxylation is 1. The number of amides is 1. The molecule has 0 aliphatic carbocycles. The van der Waals surface area contributed by atoms with E-state index in [2.05, 4.69) is 5.32 Å². The molecule has 1 aromatic carbocycles. The molecule has 0 fully saturated rings. The highest BCUT2D eigenvalue weighted by molar-refractivity contribution is 7.16. The van der Waals surface area contributed by atoms with Gasteiger partial charge >= 0.3 is 0 Å². The van der Waals surface area contributed by atoms with Crippen LogP contribution < -0.4 is 15.8 Å². The molecule has 3 N–H and O–H groups in total. The summed E-state index contributed by atoms with van der Waals surface area (Å²) < 4.78 is 5.33. The summed E-state index contributed by atoms with van der Waals surface area (Å²) in [5.74, 6) is 0.584. The molecule has 2 aromatic rings. The van der Waals surface area contributed by atoms with Gasteiger partial charge in [-0.25, -0.2) is 0 Å². The minimum absolute atomic E-state index is 0.0801. The van der Waals surface area contributed by atoms with Gasteiger partial charge in [0.2, 0.25) is 0 Å². The van der Waals surface area contributed by atoms with E-state index in [1.165, 1.54) is 0 Å². The number of thiophene rings is 1. The largest absolute Gasteiger partial charge is 0.482 e. The van der Waals surface area contributed by atoms with E-state index in [9.17, 15) is 4.79 Å². The molecule has 0 bridgehead atoms. The van der Waals surface area contributed by atoms with E-state index >= 15 is 0 Å². The van der Waals surface area contributed by atoms with Crippen LogP contribution in [0.5, 0.6) is 5.75 Å². The number of ether oxygens (including phenoxy) is 1. The van der Waals surface area contributed by atoms with Gasteiger partial charge < -0.3 is 15.8 Å². The molecule has 2 heterocycles. The fraction of sp³-hybridized carbons (Fsp3) is 0.154. The molecular weight excluding hydrogens is 248 g/mol. The Morgan fingerprint density at radius 1 is 1.39 bits per heavy atom. The Labute approximate surface area is 108 Å². The zero-order valence-electron chi connectivity index (χ0n) is 9.82. The van der Waals surface area contributed by atoms with Crippen molar-refractivity contribution in [3.63, 3.8) is 0 Å². The first-order valence-electron chi connectivity index (χ1n) is 5.56. The van der Waals surface area contributed by atoms with E-state index in [4.69, 9.17) is 10.5 Å². The fourth-order valence-electron chi connectivity index (χ4n) is 2.04. The van der Waals surface area contributed by atoms with Gasteiger partial charge in [-0.05, 0) is 36.2 Å². The number of anilines is 2. The lowest BCUT2D eigenvalue weighted by Crippen LogP contribution is -2.25. The van der Waals surface area contributed by atoms with Crippen molar-refractivity contribution in [3.05, 3.63) is 29.1 Å². The summed E-state index contributed by atoms with van der Waals surface area (Å²) >= 11 is 1.56. The molecule has 0 saturated heterocycles. The number of carbonyl (C=O) groups is 1. The van der Waals surface area contributed by atoms with Crippen LogP contribution in [0.2, 0.25) is 0 Å². The zero-order valence-corrected chi connectivity index (χ0v) is 10.6. The number of nitrogen functional groups attached to an aromatic ring is 1. The molecule has 92 valence electrons. The van der Waals surface area contributed by atoms with E-state index < -0.39 is 0 Å². The molecular formula is C13H12N2O2S. The van der Waals surface area contributed by atoms with Crippen molar-refractivity contribution < 1.29 is 9.53 Å². The summed E-state index contributed by atoms with van der Waals surface area (Å²) in [4.78, 5) is 12.5. The summed E-state index contributed by atoms with van der Waals surface area (Å²) in [7, 11) is 0. The maximum Gasteiger partial charge on any atom is 0.262 e. The van der Waals surface area contributed by atoms with Gasteiger partial charge in [-0.3, -0.25) is 4.79 Å². The molecule has 0 radical (unpaired) electrons. The minimum atomic E-state index is -0.124. The monoisotopic (exact) mass is 260 g/mol. The van der Waals surface area contributed by atoms with Crippen LogP contribution in [0.4, 0.5) is 10.7 Å². The van der Waals surface area contributed by atoms with Crippen molar-refractivity contribution >= 4 is 27.9 Å². The van der Waals surface area contributed by atoms with Gasteiger partial charge in [0.15, 0.2) is 6.61 Å². The van der Waals surface area contributed by atoms with Crippen LogP contribution in [-0.4, -0.2) is 12.5 Å². The number of rotatable bonds is 1. The smallest absolute Gasteiger partial charge is 0.262 e. The molecule has 4 nitrogen and oxygen atoms in total. The average molecular weight is 260 g/mol. The van der Waals surface area contributed by atoms with E-state index in [0.717, 1.165) is 21.0 Å². The van der Waals surface area contributed by atoms with Crippen LogP contribution in [0.3, 0.4) is 0 Å². The first-order valence-corrected chi connectivity index (χ1v) is 6.38. The minimum Gasteiger partial charge on any atom is -0.482 e. The van der Waals surface area contributed by atoms with E-state index in [1.807, 2.05) is 31.2 Å². The van der Waals surface area contributed by atoms with Crippen LogP contribution in [0.25, 0.3) is 11.1 Å². The van der Waals surface area contributed by atoms with Crippen LogP contribution in [0.15, 0.2) is 24.3 Å². The first-order chi connectivity index (χ1) is 8.63. The lowest BCUT2D eigenvalue weighted by molar-refractivity contribution is -0.118. The molecule has 5 heteroatoms. The maximum absolute atomic E-state index is 11.3. The summed E-state index contributed by atoms with van der Waals surface area (Å²) in [5, 5.41) is 3.60. The van der Waals surface area contributed by atoms with E-state index in [0.29, 0.717) is 11.4 Å². The number of hydrogen-bond acceptors (Lipinski definition) is 4. The van der Waals surface area contributed by atoms with Crippen molar-refractivity contribution in [1.82, 2.24) is 0 Å². The number of hydrogen-bond donors (Lipinski definition) is 2. The zero-order chi connectivity index (χ0) is 12.7. The highest BCUT2D eigenvalue weighted by Gasteiger charge is 2.17. The van der Waals surface area contributed by atoms with Gasteiger partial charge in [0.05, 0.1) is 10.7 Å². The summed E-state index contributed by atoms with van der Waals surface area (Å²) in [6, 6.07) is 7.72. The van der Waals surface area contributed by atoms with Crippen LogP contribution in [0, 0.1) is 6.92 Å². The van der Waals surface area contributed by atoms with Crippen molar-refractivity contribution in [2.24, 2.45) is 0 Å². The molecule has 1 aliphatic heterocycles. The molecule has 1 aliphatic rings. The number of benzene rings is 1. The first kappa shape index (κ1) is 11.1. The molecule has 1 amide bonds. The fourth-order valence-corrected chi connectivity index (χ4v) is 2.86. The van der Waals surface area contributed by atoms with Gasteiger partial charge in [-0.15, -0.1) is 11.3 Å². The highest BCUT2D eigenvalue weighted by Crippen LogP contribution is 2.37. The number of carbonyl (C=O) groups excluding carboxylic acids is 1. The summed E-state index contributed by atoms with van der Waals surface area (Å²) in [6.45, 7) is 2.11. The van der Waals surface area contributed by atoms with Crippen molar-refractivity contribution in [1.29, 1.82) is 0 Å². The third-order valence-corrected chi connectivity index (χ3v) is 3.74. The van der Waals surface area contributed by atoms with Crippen molar-refractivity contribution in [2.45, 2.75) is 6.92 Å². The molecule has 0 spiro atoms. The standard InChI is InChI=1S/C13H12N2O2S/c1-7-9(5-12(14)18-7)8-2-3-11-10(4-8)15-13(16)6-17-11/h2-5H,6,14H2,1H3,(H,15,16). The van der Waals surface area contributed by atoms with Crippen LogP contribution >= 0.6 is 11.3 Å². The predicted molar refractivity (Wildman–Crippen MR) is 73.0 cm³/mol. The Kier molecular flexibility index (Phi) is 2.48. The van der Waals surface area contributed by atoms with Gasteiger partial charge in [0, 0.05) is 4.88 Å². The molecule has 1 aromatic heterocycles. The molecule has 0 unspecified atom stereocenters. The molecule has 18 heavy (non-hydrogen) atoms. The van der Waals surface area contributed by atoms with Crippen molar-refractivity contribution in [3.8, 4) is 16.9 Å². The topological polar surface area (TPSA) is 64.3 Å². The Morgan fingerprint density at radius 2 is 2.22 bits per heavy atom. The second-order valence-corrected chi connectivity index (χ2v) is 5.45. The normalized spacial score (nSPS) is 13.7. The SMILES string of the molecule is Cc1sc(N)cc1-c1ccc2c(c1)NC(=O)CO2. The predicted octanol–water partition coefficient (Wildman–Crippen LogP) is 2.64. The summed E-state index contributed by atoms with van der Waals surface area (Å²) in [5.41, 5.74) is 8.65. The van der Waals surface area contributed by atoms with Gasteiger partial charge in [-0.1, -0.05) is 6.07 Å². The Bertz CT molecular complexity index is 634. The molecule has 3 rings (SSSR count). The highest BCUT2D eigenvalue weighted by atomic mass is 32.1. The third kappa shape index (κ3) is 1.82. The average Bonchev–Trinajstić information content (AvgIpc) is 2.67. The quantitative estimate of drug-likeness (QED) is 0.828.